The van der Waals surface area contributed by atoms with E-state index >= 15 is 0 Å². The summed E-state index contributed by atoms with van der Waals surface area (Å²) in [5.74, 6) is 0. The minimum atomic E-state index is 0.627. The van der Waals surface area contributed by atoms with E-state index in [1.807, 2.05) is 7.05 Å². The molecule has 0 saturated carbocycles. The maximum atomic E-state index is 3.48. The van der Waals surface area contributed by atoms with Crippen LogP contribution in [0.1, 0.15) is 25.3 Å². The molecule has 0 amide bonds. The Hall–Kier alpha value is -0.340. The number of benzene rings is 1. The molecule has 0 bridgehead atoms. The molecule has 0 spiro atoms. The molecule has 0 aliphatic heterocycles. The summed E-state index contributed by atoms with van der Waals surface area (Å²) in [6, 6.07) is 9.18. The van der Waals surface area contributed by atoms with Crippen LogP contribution in [0.4, 0.5) is 0 Å². The van der Waals surface area contributed by atoms with Gasteiger partial charge in [0, 0.05) is 10.5 Å². The lowest BCUT2D eigenvalue weighted by Gasteiger charge is -2.09. The number of rotatable bonds is 5. The SMILES string of the molecule is CNC(C)CCCc1cccc(Br)c1. The summed E-state index contributed by atoms with van der Waals surface area (Å²) in [5, 5.41) is 3.25. The van der Waals surface area contributed by atoms with E-state index in [2.05, 4.69) is 52.4 Å². The quantitative estimate of drug-likeness (QED) is 0.851. The molecule has 0 aliphatic carbocycles. The van der Waals surface area contributed by atoms with Gasteiger partial charge in [-0.3, -0.25) is 0 Å². The number of nitrogens with one attached hydrogen (secondary N) is 1. The highest BCUT2D eigenvalue weighted by Crippen LogP contribution is 2.13. The van der Waals surface area contributed by atoms with Gasteiger partial charge in [0.15, 0.2) is 0 Å². The third-order valence-electron chi connectivity index (χ3n) is 2.48. The van der Waals surface area contributed by atoms with Crippen LogP contribution < -0.4 is 5.32 Å². The van der Waals surface area contributed by atoms with Crippen LogP contribution in [0.3, 0.4) is 0 Å². The zero-order valence-electron chi connectivity index (χ0n) is 8.89. The summed E-state index contributed by atoms with van der Waals surface area (Å²) in [4.78, 5) is 0. The Morgan fingerprint density at radius 3 is 2.86 bits per heavy atom. The van der Waals surface area contributed by atoms with Crippen LogP contribution >= 0.6 is 15.9 Å². The second-order valence-corrected chi connectivity index (χ2v) is 4.63. The van der Waals surface area contributed by atoms with Gasteiger partial charge >= 0.3 is 0 Å². The van der Waals surface area contributed by atoms with Gasteiger partial charge in [0.1, 0.15) is 0 Å². The average Bonchev–Trinajstić information content (AvgIpc) is 2.17. The van der Waals surface area contributed by atoms with Crippen LogP contribution in [0.15, 0.2) is 28.7 Å². The Kier molecular flexibility index (Phi) is 5.20. The minimum absolute atomic E-state index is 0.627. The predicted molar refractivity (Wildman–Crippen MR) is 65.6 cm³/mol. The van der Waals surface area contributed by atoms with Crippen molar-refractivity contribution in [2.45, 2.75) is 32.2 Å². The highest BCUT2D eigenvalue weighted by Gasteiger charge is 1.98. The van der Waals surface area contributed by atoms with Gasteiger partial charge in [-0.2, -0.15) is 0 Å². The molecule has 2 heteroatoms. The lowest BCUT2D eigenvalue weighted by Crippen LogP contribution is -2.20. The first-order valence-electron chi connectivity index (χ1n) is 5.14. The molecule has 1 nitrogen and oxygen atoms in total. The number of aryl methyl sites for hydroxylation is 1. The van der Waals surface area contributed by atoms with E-state index in [4.69, 9.17) is 0 Å². The minimum Gasteiger partial charge on any atom is -0.317 e. The van der Waals surface area contributed by atoms with Gasteiger partial charge in [-0.1, -0.05) is 28.1 Å². The van der Waals surface area contributed by atoms with Crippen molar-refractivity contribution in [1.29, 1.82) is 0 Å². The molecule has 1 rings (SSSR count). The molecule has 0 radical (unpaired) electrons. The molecular weight excluding hydrogens is 238 g/mol. The molecule has 1 aromatic carbocycles. The molecule has 0 heterocycles. The van der Waals surface area contributed by atoms with Crippen LogP contribution in [-0.2, 0) is 6.42 Å². The summed E-state index contributed by atoms with van der Waals surface area (Å²) < 4.78 is 1.18. The van der Waals surface area contributed by atoms with E-state index < -0.39 is 0 Å². The van der Waals surface area contributed by atoms with Crippen molar-refractivity contribution in [2.75, 3.05) is 7.05 Å². The van der Waals surface area contributed by atoms with Crippen LogP contribution in [0, 0.1) is 0 Å². The maximum Gasteiger partial charge on any atom is 0.0177 e. The third kappa shape index (κ3) is 4.25. The van der Waals surface area contributed by atoms with Gasteiger partial charge in [-0.25, -0.2) is 0 Å². The first kappa shape index (κ1) is 11.7. The molecule has 1 aromatic rings. The largest absolute Gasteiger partial charge is 0.317 e. The summed E-state index contributed by atoms with van der Waals surface area (Å²) >= 11 is 3.48. The van der Waals surface area contributed by atoms with Crippen molar-refractivity contribution in [2.24, 2.45) is 0 Å². The lowest BCUT2D eigenvalue weighted by atomic mass is 10.1. The number of halogens is 1. The van der Waals surface area contributed by atoms with E-state index in [0.29, 0.717) is 6.04 Å². The van der Waals surface area contributed by atoms with Gasteiger partial charge < -0.3 is 5.32 Å². The standard InChI is InChI=1S/C12H18BrN/c1-10(14-2)5-3-6-11-7-4-8-12(13)9-11/h4,7-10,14H,3,5-6H2,1-2H3. The first-order valence-corrected chi connectivity index (χ1v) is 5.93. The van der Waals surface area contributed by atoms with E-state index in [9.17, 15) is 0 Å². The third-order valence-corrected chi connectivity index (χ3v) is 2.98. The Balaban J connectivity index is 2.31. The molecule has 1 atom stereocenters. The van der Waals surface area contributed by atoms with E-state index in [1.54, 1.807) is 0 Å². The van der Waals surface area contributed by atoms with Crippen molar-refractivity contribution in [3.63, 3.8) is 0 Å². The van der Waals surface area contributed by atoms with Crippen molar-refractivity contribution >= 4 is 15.9 Å². The van der Waals surface area contributed by atoms with Crippen LogP contribution in [0.2, 0.25) is 0 Å². The average molecular weight is 256 g/mol. The van der Waals surface area contributed by atoms with Crippen molar-refractivity contribution < 1.29 is 0 Å². The van der Waals surface area contributed by atoms with E-state index in [1.165, 1.54) is 29.3 Å². The van der Waals surface area contributed by atoms with Crippen LogP contribution in [0.25, 0.3) is 0 Å². The van der Waals surface area contributed by atoms with Crippen molar-refractivity contribution in [1.82, 2.24) is 5.32 Å². The van der Waals surface area contributed by atoms with E-state index in [0.717, 1.165) is 0 Å². The Labute approximate surface area is 95.0 Å². The highest BCUT2D eigenvalue weighted by atomic mass is 79.9. The Bertz CT molecular complexity index is 273. The first-order chi connectivity index (χ1) is 6.72. The molecule has 1 N–H and O–H groups in total. The van der Waals surface area contributed by atoms with Crippen molar-refractivity contribution in [3.8, 4) is 0 Å². The fraction of sp³-hybridized carbons (Fsp3) is 0.500. The normalized spacial score (nSPS) is 12.8. The van der Waals surface area contributed by atoms with Gasteiger partial charge in [-0.15, -0.1) is 0 Å². The summed E-state index contributed by atoms with van der Waals surface area (Å²) in [6.45, 7) is 2.22. The predicted octanol–water partition coefficient (Wildman–Crippen LogP) is 3.38. The monoisotopic (exact) mass is 255 g/mol. The fourth-order valence-electron chi connectivity index (χ4n) is 1.45. The second-order valence-electron chi connectivity index (χ2n) is 3.71. The number of hydrogen-bond acceptors (Lipinski definition) is 1. The molecule has 0 aromatic heterocycles. The molecule has 0 aliphatic rings. The Morgan fingerprint density at radius 2 is 2.21 bits per heavy atom. The maximum absolute atomic E-state index is 3.48. The van der Waals surface area contributed by atoms with Crippen molar-refractivity contribution in [3.05, 3.63) is 34.3 Å². The summed E-state index contributed by atoms with van der Waals surface area (Å²) in [7, 11) is 2.02. The topological polar surface area (TPSA) is 12.0 Å². The van der Waals surface area contributed by atoms with Gasteiger partial charge in [0.05, 0.1) is 0 Å². The fourth-order valence-corrected chi connectivity index (χ4v) is 1.90. The molecule has 1 unspecified atom stereocenters. The van der Waals surface area contributed by atoms with Gasteiger partial charge in [0.2, 0.25) is 0 Å². The van der Waals surface area contributed by atoms with Crippen LogP contribution in [-0.4, -0.2) is 13.1 Å². The molecule has 78 valence electrons. The van der Waals surface area contributed by atoms with Crippen LogP contribution in [0.5, 0.6) is 0 Å². The number of hydrogen-bond donors (Lipinski definition) is 1. The molecule has 0 saturated heterocycles. The summed E-state index contributed by atoms with van der Waals surface area (Å²) in [5.41, 5.74) is 1.42. The zero-order chi connectivity index (χ0) is 10.4. The highest BCUT2D eigenvalue weighted by molar-refractivity contribution is 9.10. The lowest BCUT2D eigenvalue weighted by molar-refractivity contribution is 0.542. The molecule has 14 heavy (non-hydrogen) atoms. The summed E-state index contributed by atoms with van der Waals surface area (Å²) in [6.07, 6.45) is 3.66. The van der Waals surface area contributed by atoms with Gasteiger partial charge in [-0.05, 0) is 50.9 Å². The molecular formula is C12H18BrN. The molecule has 0 fully saturated rings. The van der Waals surface area contributed by atoms with E-state index in [-0.39, 0.29) is 0 Å². The second kappa shape index (κ2) is 6.20. The smallest absolute Gasteiger partial charge is 0.0177 e. The Morgan fingerprint density at radius 1 is 1.43 bits per heavy atom. The van der Waals surface area contributed by atoms with Gasteiger partial charge in [0.25, 0.3) is 0 Å². The zero-order valence-corrected chi connectivity index (χ0v) is 10.5.